The molecule has 0 atom stereocenters. The average Bonchev–Trinajstić information content (AvgIpc) is 2.29. The predicted molar refractivity (Wildman–Crippen MR) is 91.7 cm³/mol. The maximum Gasteiger partial charge on any atom is 0.294 e. The molecule has 1 N–H and O–H groups in total. The second-order valence-electron chi connectivity index (χ2n) is 6.85. The van der Waals surface area contributed by atoms with E-state index in [0.717, 1.165) is 10.8 Å². The van der Waals surface area contributed by atoms with Crippen LogP contribution in [0.4, 0.5) is 0 Å². The summed E-state index contributed by atoms with van der Waals surface area (Å²) in [7, 11) is -6.09. The van der Waals surface area contributed by atoms with Gasteiger partial charge in [0.2, 0.25) is 0 Å². The second kappa shape index (κ2) is 6.22. The Morgan fingerprint density at radius 3 is 1.71 bits per heavy atom. The van der Waals surface area contributed by atoms with Crippen LogP contribution in [-0.2, 0) is 10.1 Å². The van der Waals surface area contributed by atoms with Gasteiger partial charge in [-0.15, -0.1) is 0 Å². The van der Waals surface area contributed by atoms with Crippen LogP contribution >= 0.6 is 0 Å². The Balaban J connectivity index is 3.74. The molecule has 0 radical (unpaired) electrons. The van der Waals surface area contributed by atoms with Gasteiger partial charge in [-0.1, -0.05) is 58.4 Å². The zero-order valence-corrected chi connectivity index (χ0v) is 16.0. The van der Waals surface area contributed by atoms with Crippen LogP contribution in [0.15, 0.2) is 23.1 Å². The van der Waals surface area contributed by atoms with Crippen LogP contribution in [0.1, 0.15) is 47.1 Å². The van der Waals surface area contributed by atoms with E-state index in [1.807, 2.05) is 13.0 Å². The van der Waals surface area contributed by atoms with E-state index in [4.69, 9.17) is 0 Å². The highest BCUT2D eigenvalue weighted by atomic mass is 32.2. The summed E-state index contributed by atoms with van der Waals surface area (Å²) in [5.41, 5.74) is 2.61. The summed E-state index contributed by atoms with van der Waals surface area (Å²) >= 11 is 0. The molecule has 0 fully saturated rings. The third-order valence-corrected chi connectivity index (χ3v) is 12.9. The molecule has 0 spiro atoms. The topological polar surface area (TPSA) is 54.4 Å². The average molecular weight is 329 g/mol. The van der Waals surface area contributed by atoms with Gasteiger partial charge in [0.05, 0.1) is 13.0 Å². The number of benzene rings is 1. The van der Waals surface area contributed by atoms with E-state index in [0.29, 0.717) is 16.6 Å². The molecule has 3 nitrogen and oxygen atoms in total. The van der Waals surface area contributed by atoms with Gasteiger partial charge in [0.25, 0.3) is 10.1 Å². The lowest BCUT2D eigenvalue weighted by Crippen LogP contribution is -2.56. The monoisotopic (exact) mass is 328 g/mol. The van der Waals surface area contributed by atoms with E-state index >= 15 is 0 Å². The van der Waals surface area contributed by atoms with E-state index in [1.54, 1.807) is 6.07 Å². The van der Waals surface area contributed by atoms with Crippen LogP contribution in [-0.4, -0.2) is 21.0 Å². The van der Waals surface area contributed by atoms with Gasteiger partial charge in [-0.3, -0.25) is 4.55 Å². The van der Waals surface area contributed by atoms with Crippen molar-refractivity contribution in [3.8, 4) is 0 Å². The van der Waals surface area contributed by atoms with Crippen molar-refractivity contribution in [2.45, 2.75) is 70.0 Å². The smallest absolute Gasteiger partial charge is 0.282 e. The highest BCUT2D eigenvalue weighted by Gasteiger charge is 2.45. The molecule has 1 aromatic rings. The Bertz CT molecular complexity index is 582. The van der Waals surface area contributed by atoms with Crippen molar-refractivity contribution in [3.63, 3.8) is 0 Å². The summed E-state index contributed by atoms with van der Waals surface area (Å²) < 4.78 is 32.4. The van der Waals surface area contributed by atoms with E-state index in [2.05, 4.69) is 41.5 Å². The summed E-state index contributed by atoms with van der Waals surface area (Å²) in [6, 6.07) is 5.04. The van der Waals surface area contributed by atoms with Crippen LogP contribution in [0.5, 0.6) is 0 Å². The normalized spacial score (nSPS) is 13.5. The molecule has 1 aromatic carbocycles. The van der Waals surface area contributed by atoms with Crippen molar-refractivity contribution in [1.29, 1.82) is 0 Å². The Labute approximate surface area is 130 Å². The maximum absolute atomic E-state index is 11.5. The molecule has 0 aliphatic carbocycles. The SMILES string of the molecule is Cc1ccc(S(=O)(=O)O)cc1[Si](C(C)C)(C(C)C)C(C)C. The Kier molecular flexibility index (Phi) is 5.45. The van der Waals surface area contributed by atoms with Gasteiger partial charge < -0.3 is 0 Å². The first-order valence-corrected chi connectivity index (χ1v) is 11.2. The Morgan fingerprint density at radius 2 is 1.38 bits per heavy atom. The van der Waals surface area contributed by atoms with Crippen molar-refractivity contribution in [2.75, 3.05) is 0 Å². The third kappa shape index (κ3) is 3.25. The van der Waals surface area contributed by atoms with E-state index in [9.17, 15) is 13.0 Å². The molecule has 0 bridgehead atoms. The highest BCUT2D eigenvalue weighted by Crippen LogP contribution is 2.41. The minimum Gasteiger partial charge on any atom is -0.282 e. The molecule has 5 heteroatoms. The molecule has 0 aromatic heterocycles. The minimum absolute atomic E-state index is 0.0157. The molecule has 120 valence electrons. The molecular weight excluding hydrogens is 300 g/mol. The van der Waals surface area contributed by atoms with Crippen molar-refractivity contribution in [3.05, 3.63) is 23.8 Å². The van der Waals surface area contributed by atoms with Gasteiger partial charge in [-0.2, -0.15) is 8.42 Å². The molecule has 1 rings (SSSR count). The summed E-state index contributed by atoms with van der Waals surface area (Å²) in [5, 5.41) is 1.16. The zero-order chi connectivity index (χ0) is 16.6. The standard InChI is InChI=1S/C16H28O3SSi/c1-11(2)21(12(3)4,13(5)6)16-10-15(20(17,18)19)9-8-14(16)7/h8-13H,1-7H3,(H,17,18,19). The van der Waals surface area contributed by atoms with Crippen LogP contribution in [0, 0.1) is 6.92 Å². The molecule has 0 unspecified atom stereocenters. The lowest BCUT2D eigenvalue weighted by molar-refractivity contribution is 0.483. The van der Waals surface area contributed by atoms with Gasteiger partial charge in [-0.05, 0) is 35.7 Å². The fourth-order valence-corrected chi connectivity index (χ4v) is 11.8. The fourth-order valence-electron chi connectivity index (χ4n) is 4.16. The van der Waals surface area contributed by atoms with Crippen molar-refractivity contribution >= 4 is 23.4 Å². The molecule has 0 saturated carbocycles. The van der Waals surface area contributed by atoms with Gasteiger partial charge in [0.1, 0.15) is 0 Å². The molecule has 0 amide bonds. The second-order valence-corrected chi connectivity index (χ2v) is 14.1. The van der Waals surface area contributed by atoms with Crippen LogP contribution in [0.3, 0.4) is 0 Å². The Morgan fingerprint density at radius 1 is 0.952 bits per heavy atom. The zero-order valence-electron chi connectivity index (χ0n) is 14.1. The number of rotatable bonds is 5. The largest absolute Gasteiger partial charge is 0.294 e. The number of aryl methyl sites for hydroxylation is 1. The molecule has 0 aliphatic rings. The molecule has 0 heterocycles. The summed E-state index contributed by atoms with van der Waals surface area (Å²) in [5.74, 6) is 0. The van der Waals surface area contributed by atoms with Crippen molar-refractivity contribution in [1.82, 2.24) is 0 Å². The van der Waals surface area contributed by atoms with Crippen LogP contribution < -0.4 is 5.19 Å². The van der Waals surface area contributed by atoms with Crippen LogP contribution in [0.25, 0.3) is 0 Å². The minimum atomic E-state index is -4.16. The molecule has 0 saturated heterocycles. The van der Waals surface area contributed by atoms with E-state index in [1.165, 1.54) is 6.07 Å². The summed E-state index contributed by atoms with van der Waals surface area (Å²) in [6.45, 7) is 15.5. The Hall–Kier alpha value is -0.653. The number of hydrogen-bond donors (Lipinski definition) is 1. The molecule has 0 aliphatic heterocycles. The lowest BCUT2D eigenvalue weighted by atomic mass is 10.2. The predicted octanol–water partition coefficient (Wildman–Crippen LogP) is 4.13. The van der Waals surface area contributed by atoms with Gasteiger partial charge in [0.15, 0.2) is 0 Å². The van der Waals surface area contributed by atoms with Gasteiger partial charge in [0, 0.05) is 0 Å². The maximum atomic E-state index is 11.5. The molecule has 21 heavy (non-hydrogen) atoms. The fraction of sp³-hybridized carbons (Fsp3) is 0.625. The first-order valence-electron chi connectivity index (χ1n) is 7.54. The quantitative estimate of drug-likeness (QED) is 0.653. The first-order chi connectivity index (χ1) is 9.45. The van der Waals surface area contributed by atoms with E-state index < -0.39 is 18.2 Å². The van der Waals surface area contributed by atoms with Crippen LogP contribution in [0.2, 0.25) is 16.6 Å². The first kappa shape index (κ1) is 18.4. The molecular formula is C16H28O3SSi. The van der Waals surface area contributed by atoms with E-state index in [-0.39, 0.29) is 4.90 Å². The third-order valence-electron chi connectivity index (χ3n) is 4.84. The van der Waals surface area contributed by atoms with Gasteiger partial charge in [-0.25, -0.2) is 0 Å². The van der Waals surface area contributed by atoms with Crippen molar-refractivity contribution < 1.29 is 13.0 Å². The van der Waals surface area contributed by atoms with Crippen molar-refractivity contribution in [2.24, 2.45) is 0 Å². The lowest BCUT2D eigenvalue weighted by Gasteiger charge is -2.44. The highest BCUT2D eigenvalue weighted by molar-refractivity contribution is 7.85. The van der Waals surface area contributed by atoms with Gasteiger partial charge >= 0.3 is 0 Å². The number of hydrogen-bond acceptors (Lipinski definition) is 2. The summed E-state index contributed by atoms with van der Waals surface area (Å²) in [6.07, 6.45) is 0. The summed E-state index contributed by atoms with van der Waals surface area (Å²) in [4.78, 5) is 0.0157.